The summed E-state index contributed by atoms with van der Waals surface area (Å²) in [5.74, 6) is 1.63. The summed E-state index contributed by atoms with van der Waals surface area (Å²) in [5.41, 5.74) is 6.32. The smallest absolute Gasteiger partial charge is 0.314 e. The molecule has 0 fully saturated rings. The predicted octanol–water partition coefficient (Wildman–Crippen LogP) is 4.49. The third-order valence-corrected chi connectivity index (χ3v) is 5.23. The number of fused-ring (bicyclic) bond motifs is 1. The third-order valence-electron chi connectivity index (χ3n) is 5.23. The molecule has 0 unspecified atom stereocenters. The van der Waals surface area contributed by atoms with Gasteiger partial charge in [-0.2, -0.15) is 0 Å². The number of nitrogens with zero attached hydrogens (tertiary/aromatic N) is 3. The number of pyridine rings is 1. The van der Waals surface area contributed by atoms with E-state index in [9.17, 15) is 4.79 Å². The average Bonchev–Trinajstić information content (AvgIpc) is 3.07. The second-order valence-corrected chi connectivity index (χ2v) is 8.22. The van der Waals surface area contributed by atoms with Crippen LogP contribution in [0.25, 0.3) is 16.7 Å². The largest absolute Gasteiger partial charge is 0.338 e. The van der Waals surface area contributed by atoms with Crippen molar-refractivity contribution in [3.8, 4) is 5.69 Å². The van der Waals surface area contributed by atoms with Crippen molar-refractivity contribution in [2.24, 2.45) is 5.92 Å². The molecule has 6 heteroatoms. The summed E-state index contributed by atoms with van der Waals surface area (Å²) in [5, 5.41) is 5.83. The number of aromatic nitrogens is 3. The van der Waals surface area contributed by atoms with E-state index in [0.717, 1.165) is 53.2 Å². The van der Waals surface area contributed by atoms with Gasteiger partial charge in [-0.25, -0.2) is 9.78 Å². The van der Waals surface area contributed by atoms with Crippen LogP contribution in [0.5, 0.6) is 0 Å². The zero-order valence-corrected chi connectivity index (χ0v) is 18.7. The summed E-state index contributed by atoms with van der Waals surface area (Å²) < 4.78 is 2.22. The second kappa shape index (κ2) is 9.74. The summed E-state index contributed by atoms with van der Waals surface area (Å²) >= 11 is 0. The number of hydrogen-bond acceptors (Lipinski definition) is 3. The number of carbonyl (C=O) groups is 1. The van der Waals surface area contributed by atoms with Crippen molar-refractivity contribution >= 4 is 17.1 Å². The molecule has 0 atom stereocenters. The van der Waals surface area contributed by atoms with Crippen LogP contribution in [0.1, 0.15) is 50.0 Å². The van der Waals surface area contributed by atoms with Crippen LogP contribution < -0.4 is 10.6 Å². The molecular formula is C24H33N5O. The quantitative estimate of drug-likeness (QED) is 0.578. The highest BCUT2D eigenvalue weighted by molar-refractivity contribution is 5.80. The van der Waals surface area contributed by atoms with E-state index in [4.69, 9.17) is 4.98 Å². The van der Waals surface area contributed by atoms with Crippen LogP contribution in [-0.4, -0.2) is 33.7 Å². The Balaban J connectivity index is 1.67. The topological polar surface area (TPSA) is 71.8 Å². The number of imidazole rings is 1. The van der Waals surface area contributed by atoms with Gasteiger partial charge in [-0.1, -0.05) is 32.9 Å². The molecule has 0 aliphatic rings. The van der Waals surface area contributed by atoms with E-state index < -0.39 is 0 Å². The number of hydrogen-bond donors (Lipinski definition) is 2. The zero-order chi connectivity index (χ0) is 21.7. The lowest BCUT2D eigenvalue weighted by Crippen LogP contribution is -2.37. The monoisotopic (exact) mass is 407 g/mol. The lowest BCUT2D eigenvalue weighted by atomic mass is 10.1. The SMILES string of the molecule is CCc1nc2c(C)nc(C)cc2n1-c1ccc(CCNC(=O)NCCC(C)C)cc1. The molecule has 0 saturated heterocycles. The molecule has 1 aromatic carbocycles. The number of amides is 2. The first-order chi connectivity index (χ1) is 14.4. The van der Waals surface area contributed by atoms with Gasteiger partial charge in [0.2, 0.25) is 0 Å². The fourth-order valence-electron chi connectivity index (χ4n) is 3.62. The molecule has 0 bridgehead atoms. The van der Waals surface area contributed by atoms with Gasteiger partial charge in [0, 0.05) is 30.9 Å². The van der Waals surface area contributed by atoms with E-state index in [1.807, 2.05) is 13.8 Å². The van der Waals surface area contributed by atoms with Gasteiger partial charge in [-0.05, 0) is 56.4 Å². The fraction of sp³-hybridized carbons (Fsp3) is 0.458. The fourth-order valence-corrected chi connectivity index (χ4v) is 3.62. The first-order valence-corrected chi connectivity index (χ1v) is 10.9. The molecule has 0 saturated carbocycles. The van der Waals surface area contributed by atoms with E-state index in [-0.39, 0.29) is 6.03 Å². The summed E-state index contributed by atoms with van der Waals surface area (Å²) in [6.45, 7) is 11.8. The van der Waals surface area contributed by atoms with Crippen LogP contribution in [0.3, 0.4) is 0 Å². The Morgan fingerprint density at radius 2 is 1.77 bits per heavy atom. The first kappa shape index (κ1) is 21.8. The Kier molecular flexibility index (Phi) is 7.08. The van der Waals surface area contributed by atoms with Crippen molar-refractivity contribution < 1.29 is 4.79 Å². The summed E-state index contributed by atoms with van der Waals surface area (Å²) in [6.07, 6.45) is 2.64. The van der Waals surface area contributed by atoms with Crippen LogP contribution in [0.15, 0.2) is 30.3 Å². The highest BCUT2D eigenvalue weighted by atomic mass is 16.2. The Bertz CT molecular complexity index is 1000. The molecule has 2 N–H and O–H groups in total. The number of urea groups is 1. The van der Waals surface area contributed by atoms with Crippen molar-refractivity contribution in [1.29, 1.82) is 0 Å². The minimum atomic E-state index is -0.0934. The maximum absolute atomic E-state index is 11.8. The third kappa shape index (κ3) is 5.17. The van der Waals surface area contributed by atoms with Crippen LogP contribution in [0, 0.1) is 19.8 Å². The number of carbonyl (C=O) groups excluding carboxylic acids is 1. The zero-order valence-electron chi connectivity index (χ0n) is 18.7. The Hall–Kier alpha value is -2.89. The maximum atomic E-state index is 11.8. The number of nitrogens with one attached hydrogen (secondary N) is 2. The molecule has 0 aliphatic carbocycles. The summed E-state index contributed by atoms with van der Waals surface area (Å²) in [4.78, 5) is 21.2. The Labute approximate surface area is 179 Å². The number of rotatable bonds is 8. The summed E-state index contributed by atoms with van der Waals surface area (Å²) in [7, 11) is 0. The molecule has 160 valence electrons. The van der Waals surface area contributed by atoms with Crippen molar-refractivity contribution in [2.45, 2.75) is 53.9 Å². The van der Waals surface area contributed by atoms with E-state index in [2.05, 4.69) is 71.3 Å². The van der Waals surface area contributed by atoms with Crippen molar-refractivity contribution in [1.82, 2.24) is 25.2 Å². The summed E-state index contributed by atoms with van der Waals surface area (Å²) in [6, 6.07) is 10.5. The van der Waals surface area contributed by atoms with E-state index in [1.54, 1.807) is 0 Å². The molecule has 2 amide bonds. The molecule has 0 spiro atoms. The van der Waals surface area contributed by atoms with Crippen LogP contribution >= 0.6 is 0 Å². The predicted molar refractivity (Wildman–Crippen MR) is 122 cm³/mol. The average molecular weight is 408 g/mol. The molecule has 0 radical (unpaired) electrons. The highest BCUT2D eigenvalue weighted by Crippen LogP contribution is 2.24. The van der Waals surface area contributed by atoms with Gasteiger partial charge >= 0.3 is 6.03 Å². The molecule has 3 rings (SSSR count). The lowest BCUT2D eigenvalue weighted by molar-refractivity contribution is 0.240. The normalized spacial score (nSPS) is 11.3. The van der Waals surface area contributed by atoms with Crippen LogP contribution in [0.4, 0.5) is 4.79 Å². The second-order valence-electron chi connectivity index (χ2n) is 8.22. The lowest BCUT2D eigenvalue weighted by Gasteiger charge is -2.11. The Morgan fingerprint density at radius 3 is 2.43 bits per heavy atom. The molecule has 2 heterocycles. The van der Waals surface area contributed by atoms with Gasteiger partial charge in [0.25, 0.3) is 0 Å². The maximum Gasteiger partial charge on any atom is 0.314 e. The Morgan fingerprint density at radius 1 is 1.07 bits per heavy atom. The van der Waals surface area contributed by atoms with Gasteiger partial charge < -0.3 is 10.6 Å². The van der Waals surface area contributed by atoms with Crippen molar-refractivity contribution in [3.63, 3.8) is 0 Å². The molecule has 6 nitrogen and oxygen atoms in total. The van der Waals surface area contributed by atoms with Crippen molar-refractivity contribution in [3.05, 3.63) is 53.1 Å². The molecule has 2 aromatic heterocycles. The van der Waals surface area contributed by atoms with E-state index in [1.165, 1.54) is 5.56 Å². The van der Waals surface area contributed by atoms with Crippen LogP contribution in [0.2, 0.25) is 0 Å². The van der Waals surface area contributed by atoms with Crippen molar-refractivity contribution in [2.75, 3.05) is 13.1 Å². The van der Waals surface area contributed by atoms with Gasteiger partial charge in [0.1, 0.15) is 11.3 Å². The minimum absolute atomic E-state index is 0.0934. The number of benzene rings is 1. The first-order valence-electron chi connectivity index (χ1n) is 10.9. The molecule has 30 heavy (non-hydrogen) atoms. The van der Waals surface area contributed by atoms with Gasteiger partial charge in [-0.3, -0.25) is 9.55 Å². The van der Waals surface area contributed by atoms with Crippen LogP contribution in [-0.2, 0) is 12.8 Å². The van der Waals surface area contributed by atoms with Gasteiger partial charge in [0.05, 0.1) is 11.2 Å². The number of aryl methyl sites for hydroxylation is 3. The highest BCUT2D eigenvalue weighted by Gasteiger charge is 2.14. The van der Waals surface area contributed by atoms with E-state index >= 15 is 0 Å². The molecule has 0 aliphatic heterocycles. The molecular weight excluding hydrogens is 374 g/mol. The minimum Gasteiger partial charge on any atom is -0.338 e. The van der Waals surface area contributed by atoms with E-state index in [0.29, 0.717) is 19.0 Å². The van der Waals surface area contributed by atoms with Gasteiger partial charge in [0.15, 0.2) is 0 Å². The van der Waals surface area contributed by atoms with Gasteiger partial charge in [-0.15, -0.1) is 0 Å². The molecule has 3 aromatic rings. The standard InChI is InChI=1S/C24H33N5O/c1-6-22-28-23-18(5)27-17(4)15-21(23)29(22)20-9-7-19(8-10-20)12-14-26-24(30)25-13-11-16(2)3/h7-10,15-16H,6,11-14H2,1-5H3,(H2,25,26,30).